The molecule has 1 aliphatic heterocycles. The number of ether oxygens (including phenoxy) is 2. The Balaban J connectivity index is 1.98. The third-order valence-corrected chi connectivity index (χ3v) is 4.64. The third-order valence-electron chi connectivity index (χ3n) is 3.58. The van der Waals surface area contributed by atoms with Gasteiger partial charge in [-0.1, -0.05) is 0 Å². The number of esters is 1. The Morgan fingerprint density at radius 1 is 1.24 bits per heavy atom. The molecule has 152 valence electrons. The highest BCUT2D eigenvalue weighted by atomic mass is 79.9. The molecule has 2 aromatic rings. The van der Waals surface area contributed by atoms with Gasteiger partial charge in [-0.15, -0.1) is 0 Å². The van der Waals surface area contributed by atoms with Crippen LogP contribution in [-0.4, -0.2) is 33.1 Å². The van der Waals surface area contributed by atoms with E-state index in [1.807, 2.05) is 0 Å². The van der Waals surface area contributed by atoms with Gasteiger partial charge in [-0.3, -0.25) is 0 Å². The first-order valence-electron chi connectivity index (χ1n) is 8.30. The molecule has 0 saturated heterocycles. The normalized spacial score (nSPS) is 15.2. The van der Waals surface area contributed by atoms with Crippen molar-refractivity contribution >= 4 is 44.0 Å². The van der Waals surface area contributed by atoms with Crippen LogP contribution in [0, 0.1) is 5.82 Å². The zero-order valence-electron chi connectivity index (χ0n) is 15.3. The quantitative estimate of drug-likeness (QED) is 0.353. The van der Waals surface area contributed by atoms with Crippen LogP contribution in [0.15, 0.2) is 51.6 Å². The Bertz CT molecular complexity index is 1130. The second kappa shape index (κ2) is 8.34. The maximum absolute atomic E-state index is 13.1. The Kier molecular flexibility index (Phi) is 6.04. The minimum atomic E-state index is -3.77. The predicted octanol–water partition coefficient (Wildman–Crippen LogP) is 3.67. The molecule has 0 N–H and O–H groups in total. The summed E-state index contributed by atoms with van der Waals surface area (Å²) in [5.74, 6) is -0.856. The summed E-state index contributed by atoms with van der Waals surface area (Å²) in [6.07, 6.45) is 2.38. The Labute approximate surface area is 175 Å². The van der Waals surface area contributed by atoms with Gasteiger partial charge >= 0.3 is 16.1 Å². The SMILES string of the molecule is CCOc1cc(/C=C2/N=C(c3ccc(F)cc3)OC2=O)cc(Br)c1OS(C)(=O)=O. The van der Waals surface area contributed by atoms with Crippen LogP contribution in [0.3, 0.4) is 0 Å². The molecule has 0 bridgehead atoms. The summed E-state index contributed by atoms with van der Waals surface area (Å²) in [6, 6.07) is 8.44. The number of carbonyl (C=O) groups is 1. The van der Waals surface area contributed by atoms with Crippen molar-refractivity contribution in [3.63, 3.8) is 0 Å². The lowest BCUT2D eigenvalue weighted by Gasteiger charge is -2.13. The number of rotatable bonds is 6. The van der Waals surface area contributed by atoms with Crippen LogP contribution >= 0.6 is 15.9 Å². The number of benzene rings is 2. The largest absolute Gasteiger partial charge is 0.490 e. The summed E-state index contributed by atoms with van der Waals surface area (Å²) in [4.78, 5) is 16.3. The fourth-order valence-corrected chi connectivity index (χ4v) is 3.57. The molecule has 7 nitrogen and oxygen atoms in total. The van der Waals surface area contributed by atoms with Crippen LogP contribution in [0.2, 0.25) is 0 Å². The van der Waals surface area contributed by atoms with Crippen molar-refractivity contribution in [3.8, 4) is 11.5 Å². The highest BCUT2D eigenvalue weighted by Gasteiger charge is 2.25. The molecule has 0 radical (unpaired) electrons. The number of cyclic esters (lactones) is 1. The molecule has 0 spiro atoms. The number of hydrogen-bond acceptors (Lipinski definition) is 7. The third kappa shape index (κ3) is 5.21. The molecule has 2 aromatic carbocycles. The fraction of sp³-hybridized carbons (Fsp3) is 0.158. The second-order valence-corrected chi connectivity index (χ2v) is 8.32. The summed E-state index contributed by atoms with van der Waals surface area (Å²) in [6.45, 7) is 2.00. The van der Waals surface area contributed by atoms with Gasteiger partial charge in [0.2, 0.25) is 5.90 Å². The summed E-state index contributed by atoms with van der Waals surface area (Å²) < 4.78 is 52.0. The van der Waals surface area contributed by atoms with Crippen LogP contribution < -0.4 is 8.92 Å². The van der Waals surface area contributed by atoms with Gasteiger partial charge < -0.3 is 13.7 Å². The number of halogens is 2. The lowest BCUT2D eigenvalue weighted by molar-refractivity contribution is -0.129. The average molecular weight is 484 g/mol. The smallest absolute Gasteiger partial charge is 0.363 e. The van der Waals surface area contributed by atoms with E-state index in [-0.39, 0.29) is 29.7 Å². The van der Waals surface area contributed by atoms with E-state index in [4.69, 9.17) is 13.7 Å². The molecule has 1 heterocycles. The molecule has 0 saturated carbocycles. The van der Waals surface area contributed by atoms with Gasteiger partial charge in [-0.05, 0) is 70.9 Å². The standard InChI is InChI=1S/C19H15BrFNO6S/c1-3-26-16-10-11(8-14(20)17(16)28-29(2,24)25)9-15-19(23)27-18(22-15)12-4-6-13(21)7-5-12/h4-10H,3H2,1-2H3/b15-9+. The maximum atomic E-state index is 13.1. The van der Waals surface area contributed by atoms with Crippen molar-refractivity contribution in [1.82, 2.24) is 0 Å². The number of hydrogen-bond donors (Lipinski definition) is 0. The molecular formula is C19H15BrFNO6S. The summed E-state index contributed by atoms with van der Waals surface area (Å²) in [5, 5.41) is 0. The minimum Gasteiger partial charge on any atom is -0.490 e. The number of nitrogens with zero attached hydrogens (tertiary/aromatic N) is 1. The summed E-state index contributed by atoms with van der Waals surface area (Å²) in [7, 11) is -3.77. The summed E-state index contributed by atoms with van der Waals surface area (Å²) in [5.41, 5.74) is 0.976. The topological polar surface area (TPSA) is 91.3 Å². The molecule has 0 fully saturated rings. The Morgan fingerprint density at radius 2 is 1.93 bits per heavy atom. The molecular weight excluding hydrogens is 469 g/mol. The van der Waals surface area contributed by atoms with Gasteiger partial charge in [0.05, 0.1) is 17.3 Å². The van der Waals surface area contributed by atoms with Gasteiger partial charge in [0.25, 0.3) is 0 Å². The van der Waals surface area contributed by atoms with Gasteiger partial charge in [-0.25, -0.2) is 14.2 Å². The van der Waals surface area contributed by atoms with Gasteiger partial charge in [0.1, 0.15) is 5.82 Å². The van der Waals surface area contributed by atoms with Gasteiger partial charge in [-0.2, -0.15) is 8.42 Å². The molecule has 0 amide bonds. The zero-order chi connectivity index (χ0) is 21.2. The van der Waals surface area contributed by atoms with Crippen molar-refractivity contribution in [2.75, 3.05) is 12.9 Å². The van der Waals surface area contributed by atoms with Crippen LogP contribution in [0.25, 0.3) is 6.08 Å². The first kappa shape index (κ1) is 21.0. The molecule has 0 atom stereocenters. The molecule has 29 heavy (non-hydrogen) atoms. The van der Waals surface area contributed by atoms with E-state index < -0.39 is 21.9 Å². The van der Waals surface area contributed by atoms with Crippen molar-refractivity contribution in [1.29, 1.82) is 0 Å². The molecule has 0 unspecified atom stereocenters. The predicted molar refractivity (Wildman–Crippen MR) is 108 cm³/mol. The van der Waals surface area contributed by atoms with Crippen LogP contribution in [0.4, 0.5) is 4.39 Å². The van der Waals surface area contributed by atoms with Crippen LogP contribution in [0.5, 0.6) is 11.5 Å². The fourth-order valence-electron chi connectivity index (χ4n) is 2.45. The first-order chi connectivity index (χ1) is 13.7. The summed E-state index contributed by atoms with van der Waals surface area (Å²) >= 11 is 3.25. The first-order valence-corrected chi connectivity index (χ1v) is 10.9. The number of carbonyl (C=O) groups excluding carboxylic acids is 1. The van der Waals surface area contributed by atoms with E-state index in [0.717, 1.165) is 6.26 Å². The van der Waals surface area contributed by atoms with Crippen LogP contribution in [-0.2, 0) is 19.6 Å². The Morgan fingerprint density at radius 3 is 2.55 bits per heavy atom. The highest BCUT2D eigenvalue weighted by molar-refractivity contribution is 9.10. The molecule has 3 rings (SSSR count). The van der Waals surface area contributed by atoms with Gasteiger partial charge in [0.15, 0.2) is 17.2 Å². The highest BCUT2D eigenvalue weighted by Crippen LogP contribution is 2.38. The van der Waals surface area contributed by atoms with E-state index in [1.54, 1.807) is 13.0 Å². The van der Waals surface area contributed by atoms with E-state index in [0.29, 0.717) is 15.6 Å². The van der Waals surface area contributed by atoms with Crippen molar-refractivity contribution < 1.29 is 31.3 Å². The Hall–Kier alpha value is -2.72. The minimum absolute atomic E-state index is 0.000927. The maximum Gasteiger partial charge on any atom is 0.363 e. The monoisotopic (exact) mass is 483 g/mol. The van der Waals surface area contributed by atoms with Gasteiger partial charge in [0, 0.05) is 5.56 Å². The second-order valence-electron chi connectivity index (χ2n) is 5.89. The van der Waals surface area contributed by atoms with E-state index in [1.165, 1.54) is 36.4 Å². The van der Waals surface area contributed by atoms with Crippen molar-refractivity contribution in [3.05, 3.63) is 63.5 Å². The number of aliphatic imine (C=N–C) groups is 1. The van der Waals surface area contributed by atoms with Crippen LogP contribution in [0.1, 0.15) is 18.1 Å². The lowest BCUT2D eigenvalue weighted by Crippen LogP contribution is -2.08. The zero-order valence-corrected chi connectivity index (χ0v) is 17.7. The molecule has 1 aliphatic rings. The lowest BCUT2D eigenvalue weighted by atomic mass is 10.1. The molecule has 0 aliphatic carbocycles. The van der Waals surface area contributed by atoms with Crippen molar-refractivity contribution in [2.24, 2.45) is 4.99 Å². The van der Waals surface area contributed by atoms with E-state index in [2.05, 4.69) is 20.9 Å². The molecule has 10 heteroatoms. The van der Waals surface area contributed by atoms with E-state index in [9.17, 15) is 17.6 Å². The average Bonchev–Trinajstić information content (AvgIpc) is 2.98. The van der Waals surface area contributed by atoms with Crippen molar-refractivity contribution in [2.45, 2.75) is 6.92 Å². The molecule has 0 aromatic heterocycles. The van der Waals surface area contributed by atoms with E-state index >= 15 is 0 Å².